The van der Waals surface area contributed by atoms with Gasteiger partial charge in [0.15, 0.2) is 17.5 Å². The fourth-order valence-electron chi connectivity index (χ4n) is 7.24. The van der Waals surface area contributed by atoms with Gasteiger partial charge in [-0.25, -0.2) is 15.0 Å². The molecule has 0 atom stereocenters. The molecule has 0 N–H and O–H groups in total. The van der Waals surface area contributed by atoms with E-state index in [2.05, 4.69) is 126 Å². The zero-order valence-electron chi connectivity index (χ0n) is 29.2. The van der Waals surface area contributed by atoms with E-state index < -0.39 is 0 Å². The molecule has 5 nitrogen and oxygen atoms in total. The lowest BCUT2D eigenvalue weighted by molar-refractivity contribution is 0.670. The van der Waals surface area contributed by atoms with Crippen LogP contribution in [0.2, 0.25) is 0 Å². The summed E-state index contributed by atoms with van der Waals surface area (Å²) in [5.74, 6) is 1.84. The molecule has 2 aromatic heterocycles. The summed E-state index contributed by atoms with van der Waals surface area (Å²) in [5.41, 5.74) is 9.60. The number of hydrogen-bond donors (Lipinski definition) is 0. The van der Waals surface area contributed by atoms with Crippen LogP contribution >= 0.6 is 0 Å². The number of anilines is 3. The molecule has 0 fully saturated rings. The molecular weight excluding hydrogens is 661 g/mol. The predicted octanol–water partition coefficient (Wildman–Crippen LogP) is 13.1. The molecule has 0 radical (unpaired) electrons. The third kappa shape index (κ3) is 5.74. The first-order valence-electron chi connectivity index (χ1n) is 18.0. The Bertz CT molecular complexity index is 2810. The summed E-state index contributed by atoms with van der Waals surface area (Å²) in [6.07, 6.45) is 0. The van der Waals surface area contributed by atoms with Crippen LogP contribution in [0.4, 0.5) is 17.1 Å². The minimum Gasteiger partial charge on any atom is -0.455 e. The number of hydrogen-bond acceptors (Lipinski definition) is 5. The second kappa shape index (κ2) is 13.3. The van der Waals surface area contributed by atoms with Crippen molar-refractivity contribution in [2.24, 2.45) is 0 Å². The number of nitrogens with zero attached hydrogens (tertiary/aromatic N) is 4. The van der Waals surface area contributed by atoms with Crippen LogP contribution in [0, 0.1) is 0 Å². The van der Waals surface area contributed by atoms with Gasteiger partial charge in [0.1, 0.15) is 11.2 Å². The van der Waals surface area contributed by atoms with Gasteiger partial charge in [-0.3, -0.25) is 0 Å². The topological polar surface area (TPSA) is 55.1 Å². The van der Waals surface area contributed by atoms with Crippen molar-refractivity contribution in [2.75, 3.05) is 4.90 Å². The summed E-state index contributed by atoms with van der Waals surface area (Å²) in [7, 11) is 0. The first-order valence-corrected chi connectivity index (χ1v) is 18.0. The van der Waals surface area contributed by atoms with E-state index in [0.29, 0.717) is 17.5 Å². The highest BCUT2D eigenvalue weighted by atomic mass is 16.3. The van der Waals surface area contributed by atoms with Gasteiger partial charge < -0.3 is 9.32 Å². The Morgan fingerprint density at radius 3 is 1.37 bits per heavy atom. The number of furan rings is 1. The van der Waals surface area contributed by atoms with Crippen molar-refractivity contribution in [3.63, 3.8) is 0 Å². The van der Waals surface area contributed by atoms with E-state index in [0.717, 1.165) is 77.6 Å². The summed E-state index contributed by atoms with van der Waals surface area (Å²) in [5, 5.41) is 4.34. The second-order valence-electron chi connectivity index (χ2n) is 13.3. The molecule has 10 aromatic rings. The highest BCUT2D eigenvalue weighted by Crippen LogP contribution is 2.42. The fourth-order valence-corrected chi connectivity index (χ4v) is 7.24. The first-order chi connectivity index (χ1) is 26.7. The molecule has 10 rings (SSSR count). The molecule has 0 saturated heterocycles. The summed E-state index contributed by atoms with van der Waals surface area (Å²) in [4.78, 5) is 17.4. The zero-order chi connectivity index (χ0) is 35.8. The third-order valence-corrected chi connectivity index (χ3v) is 9.86. The van der Waals surface area contributed by atoms with Crippen LogP contribution in [0.5, 0.6) is 0 Å². The SMILES string of the molecule is c1ccc(-c2nc(-c3ccccc3)nc(-c3cc(-c4ccc(N(c5ccccc5)c5ccccc5)cc4)c4oc5cc6ccccc6cc5c4c3)n2)cc1. The van der Waals surface area contributed by atoms with E-state index in [9.17, 15) is 0 Å². The Balaban J connectivity index is 1.19. The van der Waals surface area contributed by atoms with Gasteiger partial charge in [0.25, 0.3) is 0 Å². The molecule has 0 aliphatic carbocycles. The molecule has 5 heteroatoms. The van der Waals surface area contributed by atoms with Crippen molar-refractivity contribution in [1.29, 1.82) is 0 Å². The van der Waals surface area contributed by atoms with Crippen LogP contribution in [-0.4, -0.2) is 15.0 Å². The van der Waals surface area contributed by atoms with Crippen LogP contribution in [-0.2, 0) is 0 Å². The second-order valence-corrected chi connectivity index (χ2v) is 13.3. The van der Waals surface area contributed by atoms with Gasteiger partial charge in [-0.1, -0.05) is 133 Å². The maximum absolute atomic E-state index is 6.78. The molecule has 0 spiro atoms. The number of aromatic nitrogens is 3. The standard InChI is InChI=1S/C49H32N4O/c1-5-15-34(16-6-1)47-50-48(35-17-7-2-8-18-35)52-49(51-47)38-30-42(46-44(31-38)43-29-36-19-13-14-20-37(36)32-45(43)54-46)33-25-27-41(28-26-33)53(39-21-9-3-10-22-39)40-23-11-4-12-24-40/h1-32H. The molecule has 0 amide bonds. The number of benzene rings is 8. The quantitative estimate of drug-likeness (QED) is 0.166. The summed E-state index contributed by atoms with van der Waals surface area (Å²) < 4.78 is 6.78. The average molecular weight is 693 g/mol. The van der Waals surface area contributed by atoms with Crippen molar-refractivity contribution in [1.82, 2.24) is 15.0 Å². The Hall–Kier alpha value is -7.37. The zero-order valence-corrected chi connectivity index (χ0v) is 29.2. The molecule has 0 aliphatic rings. The minimum absolute atomic E-state index is 0.594. The van der Waals surface area contributed by atoms with Gasteiger partial charge in [-0.15, -0.1) is 0 Å². The van der Waals surface area contributed by atoms with Gasteiger partial charge in [0.2, 0.25) is 0 Å². The van der Waals surface area contributed by atoms with E-state index >= 15 is 0 Å². The number of rotatable bonds is 7. The van der Waals surface area contributed by atoms with Crippen LogP contribution < -0.4 is 4.90 Å². The Morgan fingerprint density at radius 2 is 0.815 bits per heavy atom. The summed E-state index contributed by atoms with van der Waals surface area (Å²) in [6.45, 7) is 0. The molecule has 54 heavy (non-hydrogen) atoms. The van der Waals surface area contributed by atoms with Crippen molar-refractivity contribution in [3.05, 3.63) is 194 Å². The highest BCUT2D eigenvalue weighted by Gasteiger charge is 2.20. The summed E-state index contributed by atoms with van der Waals surface area (Å²) in [6, 6.07) is 66.9. The first kappa shape index (κ1) is 31.4. The van der Waals surface area contributed by atoms with Crippen LogP contribution in [0.15, 0.2) is 199 Å². The van der Waals surface area contributed by atoms with E-state index in [1.165, 1.54) is 0 Å². The van der Waals surface area contributed by atoms with E-state index in [1.807, 2.05) is 72.8 Å². The van der Waals surface area contributed by atoms with Crippen molar-refractivity contribution in [3.8, 4) is 45.3 Å². The predicted molar refractivity (Wildman–Crippen MR) is 221 cm³/mol. The molecule has 8 aromatic carbocycles. The Morgan fingerprint density at radius 1 is 0.352 bits per heavy atom. The van der Waals surface area contributed by atoms with Crippen LogP contribution in [0.25, 0.3) is 78.0 Å². The van der Waals surface area contributed by atoms with Gasteiger partial charge in [0, 0.05) is 50.1 Å². The van der Waals surface area contributed by atoms with E-state index in [1.54, 1.807) is 0 Å². The smallest absolute Gasteiger partial charge is 0.164 e. The number of fused-ring (bicyclic) bond motifs is 4. The van der Waals surface area contributed by atoms with Gasteiger partial charge in [0.05, 0.1) is 0 Å². The van der Waals surface area contributed by atoms with E-state index in [-0.39, 0.29) is 0 Å². The van der Waals surface area contributed by atoms with E-state index in [4.69, 9.17) is 19.4 Å². The van der Waals surface area contributed by atoms with Crippen molar-refractivity contribution < 1.29 is 4.42 Å². The van der Waals surface area contributed by atoms with Crippen LogP contribution in [0.1, 0.15) is 0 Å². The number of para-hydroxylation sites is 2. The Labute approximate surface area is 312 Å². The largest absolute Gasteiger partial charge is 0.455 e. The van der Waals surface area contributed by atoms with Crippen LogP contribution in [0.3, 0.4) is 0 Å². The average Bonchev–Trinajstić information content (AvgIpc) is 3.61. The molecular formula is C49H32N4O. The maximum atomic E-state index is 6.78. The molecule has 2 heterocycles. The highest BCUT2D eigenvalue weighted by molar-refractivity contribution is 6.14. The maximum Gasteiger partial charge on any atom is 0.164 e. The van der Waals surface area contributed by atoms with Crippen molar-refractivity contribution in [2.45, 2.75) is 0 Å². The molecule has 254 valence electrons. The fraction of sp³-hybridized carbons (Fsp3) is 0. The molecule has 0 saturated carbocycles. The molecule has 0 bridgehead atoms. The molecule has 0 aliphatic heterocycles. The van der Waals surface area contributed by atoms with Gasteiger partial charge >= 0.3 is 0 Å². The Kier molecular flexibility index (Phi) is 7.73. The minimum atomic E-state index is 0.594. The lowest BCUT2D eigenvalue weighted by atomic mass is 9.97. The third-order valence-electron chi connectivity index (χ3n) is 9.86. The van der Waals surface area contributed by atoms with Crippen molar-refractivity contribution >= 4 is 49.8 Å². The monoisotopic (exact) mass is 692 g/mol. The lowest BCUT2D eigenvalue weighted by Crippen LogP contribution is -2.09. The summed E-state index contributed by atoms with van der Waals surface area (Å²) >= 11 is 0. The normalized spacial score (nSPS) is 11.3. The van der Waals surface area contributed by atoms with Gasteiger partial charge in [-0.2, -0.15) is 0 Å². The molecule has 0 unspecified atom stereocenters. The lowest BCUT2D eigenvalue weighted by Gasteiger charge is -2.25. The van der Waals surface area contributed by atoms with Gasteiger partial charge in [-0.05, 0) is 77.0 Å².